The molecule has 0 spiro atoms. The lowest BCUT2D eigenvalue weighted by molar-refractivity contribution is -0.139. The van der Waals surface area contributed by atoms with E-state index in [1.165, 1.54) is 11.0 Å². The summed E-state index contributed by atoms with van der Waals surface area (Å²) in [5.41, 5.74) is 1.00. The summed E-state index contributed by atoms with van der Waals surface area (Å²) in [7, 11) is -3.80. The number of hydrogen-bond acceptors (Lipinski definition) is 4. The number of halogens is 2. The Morgan fingerprint density at radius 1 is 1.00 bits per heavy atom. The molecule has 0 saturated heterocycles. The molecular formula is C26H35F2N3O4S. The van der Waals surface area contributed by atoms with Crippen LogP contribution in [0.25, 0.3) is 0 Å². The van der Waals surface area contributed by atoms with Crippen LogP contribution >= 0.6 is 0 Å². The number of hydrogen-bond donors (Lipinski definition) is 1. The summed E-state index contributed by atoms with van der Waals surface area (Å²) in [6.45, 7) is 4.45. The van der Waals surface area contributed by atoms with E-state index in [0.717, 1.165) is 41.1 Å². The lowest BCUT2D eigenvalue weighted by atomic mass is 10.1. The standard InChI is InChI=1S/C26H35F2N3O4S/c1-4-5-16-29-26(33)20(2)30(18-15-21-10-7-6-8-11-21)25(32)12-9-17-31(36(3,34)35)22-13-14-23(27)24(28)19-22/h6-8,10-11,13-14,19-20H,4-5,9,12,15-18H2,1-3H3,(H,29,33). The van der Waals surface area contributed by atoms with Gasteiger partial charge in [0.05, 0.1) is 11.9 Å². The van der Waals surface area contributed by atoms with E-state index < -0.39 is 27.7 Å². The summed E-state index contributed by atoms with van der Waals surface area (Å²) < 4.78 is 52.5. The SMILES string of the molecule is CCCCNC(=O)C(C)N(CCc1ccccc1)C(=O)CCCN(c1ccc(F)c(F)c1)S(C)(=O)=O. The Hall–Kier alpha value is -3.01. The highest BCUT2D eigenvalue weighted by molar-refractivity contribution is 7.92. The molecule has 1 N–H and O–H groups in total. The molecule has 0 radical (unpaired) electrons. The van der Waals surface area contributed by atoms with E-state index in [2.05, 4.69) is 5.32 Å². The Morgan fingerprint density at radius 2 is 1.69 bits per heavy atom. The second-order valence-corrected chi connectivity index (χ2v) is 10.6. The van der Waals surface area contributed by atoms with Crippen molar-refractivity contribution in [1.82, 2.24) is 10.2 Å². The molecule has 0 fully saturated rings. The second kappa shape index (κ2) is 13.9. The van der Waals surface area contributed by atoms with E-state index in [-0.39, 0.29) is 36.9 Å². The fourth-order valence-electron chi connectivity index (χ4n) is 3.75. The van der Waals surface area contributed by atoms with E-state index in [1.807, 2.05) is 37.3 Å². The zero-order valence-corrected chi connectivity index (χ0v) is 21.9. The average molecular weight is 524 g/mol. The highest BCUT2D eigenvalue weighted by atomic mass is 32.2. The third-order valence-corrected chi connectivity index (χ3v) is 7.02. The Labute approximate surface area is 212 Å². The number of carbonyl (C=O) groups excluding carboxylic acids is 2. The minimum atomic E-state index is -3.80. The van der Waals surface area contributed by atoms with Crippen molar-refractivity contribution in [1.29, 1.82) is 0 Å². The van der Waals surface area contributed by atoms with E-state index in [4.69, 9.17) is 0 Å². The van der Waals surface area contributed by atoms with Crippen LogP contribution in [0.3, 0.4) is 0 Å². The van der Waals surface area contributed by atoms with Crippen LogP contribution in [0.2, 0.25) is 0 Å². The van der Waals surface area contributed by atoms with Gasteiger partial charge in [-0.25, -0.2) is 17.2 Å². The highest BCUT2D eigenvalue weighted by Crippen LogP contribution is 2.21. The topological polar surface area (TPSA) is 86.8 Å². The van der Waals surface area contributed by atoms with Gasteiger partial charge in [-0.05, 0) is 43.9 Å². The minimum absolute atomic E-state index is 0.0168. The molecule has 1 atom stereocenters. The molecule has 2 aromatic carbocycles. The fourth-order valence-corrected chi connectivity index (χ4v) is 4.71. The van der Waals surface area contributed by atoms with Gasteiger partial charge in [0.2, 0.25) is 21.8 Å². The molecule has 10 heteroatoms. The van der Waals surface area contributed by atoms with Gasteiger partial charge in [-0.2, -0.15) is 0 Å². The molecule has 2 amide bonds. The van der Waals surface area contributed by atoms with Crippen molar-refractivity contribution >= 4 is 27.5 Å². The minimum Gasteiger partial charge on any atom is -0.354 e. The predicted molar refractivity (Wildman–Crippen MR) is 137 cm³/mol. The Balaban J connectivity index is 2.10. The molecule has 0 aromatic heterocycles. The molecule has 198 valence electrons. The monoisotopic (exact) mass is 523 g/mol. The lowest BCUT2D eigenvalue weighted by Crippen LogP contribution is -2.49. The summed E-state index contributed by atoms with van der Waals surface area (Å²) >= 11 is 0. The quantitative estimate of drug-likeness (QED) is 0.381. The van der Waals surface area contributed by atoms with Gasteiger partial charge in [-0.1, -0.05) is 43.7 Å². The van der Waals surface area contributed by atoms with Gasteiger partial charge in [-0.3, -0.25) is 13.9 Å². The molecule has 0 aliphatic carbocycles. The number of nitrogens with one attached hydrogen (secondary N) is 1. The molecular weight excluding hydrogens is 488 g/mol. The molecule has 36 heavy (non-hydrogen) atoms. The Kier molecular flexibility index (Phi) is 11.3. The first-order valence-electron chi connectivity index (χ1n) is 12.1. The van der Waals surface area contributed by atoms with Crippen molar-refractivity contribution in [3.8, 4) is 0 Å². The van der Waals surface area contributed by atoms with Crippen LogP contribution in [-0.4, -0.2) is 57.1 Å². The highest BCUT2D eigenvalue weighted by Gasteiger charge is 2.26. The molecule has 1 unspecified atom stereocenters. The van der Waals surface area contributed by atoms with Crippen molar-refractivity contribution in [2.45, 2.75) is 52.0 Å². The van der Waals surface area contributed by atoms with Gasteiger partial charge in [0.1, 0.15) is 6.04 Å². The normalized spacial score (nSPS) is 12.1. The van der Waals surface area contributed by atoms with Crippen molar-refractivity contribution in [3.05, 3.63) is 65.7 Å². The molecule has 0 heterocycles. The summed E-state index contributed by atoms with van der Waals surface area (Å²) in [4.78, 5) is 27.4. The van der Waals surface area contributed by atoms with Gasteiger partial charge in [0, 0.05) is 32.1 Å². The first-order chi connectivity index (χ1) is 17.0. The van der Waals surface area contributed by atoms with Crippen molar-refractivity contribution in [2.24, 2.45) is 0 Å². The van der Waals surface area contributed by atoms with Crippen molar-refractivity contribution < 1.29 is 26.8 Å². The van der Waals surface area contributed by atoms with E-state index >= 15 is 0 Å². The molecule has 0 saturated carbocycles. The number of anilines is 1. The first-order valence-corrected chi connectivity index (χ1v) is 13.9. The number of carbonyl (C=O) groups is 2. The first kappa shape index (κ1) is 29.2. The zero-order valence-electron chi connectivity index (χ0n) is 21.0. The van der Waals surface area contributed by atoms with Crippen LogP contribution in [0.5, 0.6) is 0 Å². The lowest BCUT2D eigenvalue weighted by Gasteiger charge is -2.29. The number of benzene rings is 2. The second-order valence-electron chi connectivity index (χ2n) is 8.68. The molecule has 2 aromatic rings. The maximum Gasteiger partial charge on any atom is 0.242 e. The van der Waals surface area contributed by atoms with Gasteiger partial charge in [0.25, 0.3) is 0 Å². The number of unbranched alkanes of at least 4 members (excludes halogenated alkanes) is 1. The third-order valence-electron chi connectivity index (χ3n) is 5.82. The zero-order chi connectivity index (χ0) is 26.7. The number of rotatable bonds is 14. The van der Waals surface area contributed by atoms with E-state index in [1.54, 1.807) is 6.92 Å². The fraction of sp³-hybridized carbons (Fsp3) is 0.462. The number of amides is 2. The van der Waals surface area contributed by atoms with Gasteiger partial charge in [-0.15, -0.1) is 0 Å². The Bertz CT molecular complexity index is 1110. The van der Waals surface area contributed by atoms with Crippen molar-refractivity contribution in [2.75, 3.05) is 30.2 Å². The van der Waals surface area contributed by atoms with Crippen LogP contribution in [-0.2, 0) is 26.0 Å². The van der Waals surface area contributed by atoms with E-state index in [9.17, 15) is 26.8 Å². The van der Waals surface area contributed by atoms with Gasteiger partial charge >= 0.3 is 0 Å². The molecule has 2 rings (SSSR count). The number of sulfonamides is 1. The van der Waals surface area contributed by atoms with Gasteiger partial charge in [0.15, 0.2) is 11.6 Å². The predicted octanol–water partition coefficient (Wildman–Crippen LogP) is 3.89. The van der Waals surface area contributed by atoms with E-state index in [0.29, 0.717) is 19.5 Å². The smallest absolute Gasteiger partial charge is 0.242 e. The maximum atomic E-state index is 13.7. The molecule has 0 bridgehead atoms. The summed E-state index contributed by atoms with van der Waals surface area (Å²) in [6, 6.07) is 11.7. The van der Waals surface area contributed by atoms with Crippen LogP contribution in [0.1, 0.15) is 45.1 Å². The molecule has 0 aliphatic rings. The average Bonchev–Trinajstić information content (AvgIpc) is 2.83. The summed E-state index contributed by atoms with van der Waals surface area (Å²) in [5, 5.41) is 2.86. The van der Waals surface area contributed by atoms with Crippen LogP contribution in [0, 0.1) is 11.6 Å². The van der Waals surface area contributed by atoms with Crippen LogP contribution < -0.4 is 9.62 Å². The third kappa shape index (κ3) is 8.89. The van der Waals surface area contributed by atoms with Crippen LogP contribution in [0.4, 0.5) is 14.5 Å². The molecule has 0 aliphatic heterocycles. The largest absolute Gasteiger partial charge is 0.354 e. The van der Waals surface area contributed by atoms with Gasteiger partial charge < -0.3 is 10.2 Å². The Morgan fingerprint density at radius 3 is 2.31 bits per heavy atom. The van der Waals surface area contributed by atoms with Crippen LogP contribution in [0.15, 0.2) is 48.5 Å². The summed E-state index contributed by atoms with van der Waals surface area (Å²) in [6.07, 6.45) is 3.41. The van der Waals surface area contributed by atoms with Crippen molar-refractivity contribution in [3.63, 3.8) is 0 Å². The maximum absolute atomic E-state index is 13.7. The number of nitrogens with zero attached hydrogens (tertiary/aromatic N) is 2. The molecule has 7 nitrogen and oxygen atoms in total. The summed E-state index contributed by atoms with van der Waals surface area (Å²) in [5.74, 6) is -2.78.